The van der Waals surface area contributed by atoms with Gasteiger partial charge in [-0.25, -0.2) is 4.98 Å². The summed E-state index contributed by atoms with van der Waals surface area (Å²) in [5, 5.41) is 2.89. The number of likely N-dealkylation sites (N-methyl/N-ethyl adjacent to an activating group) is 1. The van der Waals surface area contributed by atoms with Crippen molar-refractivity contribution in [3.05, 3.63) is 52.6 Å². The second-order valence-corrected chi connectivity index (χ2v) is 6.14. The zero-order chi connectivity index (χ0) is 17.3. The number of aromatic nitrogens is 2. The van der Waals surface area contributed by atoms with Crippen molar-refractivity contribution < 1.29 is 9.59 Å². The minimum atomic E-state index is -0.256. The first-order valence-electron chi connectivity index (χ1n) is 8.20. The van der Waals surface area contributed by atoms with Crippen LogP contribution in [0.15, 0.2) is 24.4 Å². The Hall–Kier alpha value is -2.63. The molecule has 0 bridgehead atoms. The van der Waals surface area contributed by atoms with Gasteiger partial charge < -0.3 is 14.8 Å². The monoisotopic (exact) mass is 326 g/mol. The number of imidazole rings is 1. The summed E-state index contributed by atoms with van der Waals surface area (Å²) in [6.07, 6.45) is 1.67. The zero-order valence-corrected chi connectivity index (χ0v) is 14.3. The molecule has 0 atom stereocenters. The SMILES string of the molecule is CCN1CCn2cc(C(=O)NCc3cc(C)ccc3C)nc2C1=O. The van der Waals surface area contributed by atoms with Crippen LogP contribution in [0.25, 0.3) is 0 Å². The maximum atomic E-state index is 12.4. The molecule has 0 spiro atoms. The summed E-state index contributed by atoms with van der Waals surface area (Å²) in [7, 11) is 0. The van der Waals surface area contributed by atoms with E-state index in [-0.39, 0.29) is 11.8 Å². The first kappa shape index (κ1) is 16.2. The molecule has 2 heterocycles. The lowest BCUT2D eigenvalue weighted by Crippen LogP contribution is -2.40. The summed E-state index contributed by atoms with van der Waals surface area (Å²) in [5.41, 5.74) is 3.67. The van der Waals surface area contributed by atoms with Crippen molar-refractivity contribution in [2.75, 3.05) is 13.1 Å². The first-order chi connectivity index (χ1) is 11.5. The van der Waals surface area contributed by atoms with E-state index in [1.54, 1.807) is 15.7 Å². The van der Waals surface area contributed by atoms with Crippen molar-refractivity contribution in [1.29, 1.82) is 0 Å². The molecule has 1 aromatic heterocycles. The summed E-state index contributed by atoms with van der Waals surface area (Å²) in [4.78, 5) is 30.6. The zero-order valence-electron chi connectivity index (χ0n) is 14.3. The maximum absolute atomic E-state index is 12.4. The lowest BCUT2D eigenvalue weighted by Gasteiger charge is -2.25. The fraction of sp³-hybridized carbons (Fsp3) is 0.389. The fourth-order valence-electron chi connectivity index (χ4n) is 2.90. The molecule has 0 fully saturated rings. The highest BCUT2D eigenvalue weighted by molar-refractivity contribution is 5.96. The second-order valence-electron chi connectivity index (χ2n) is 6.14. The normalized spacial score (nSPS) is 13.8. The van der Waals surface area contributed by atoms with Gasteiger partial charge in [-0.15, -0.1) is 0 Å². The molecule has 0 saturated heterocycles. The number of fused-ring (bicyclic) bond motifs is 1. The van der Waals surface area contributed by atoms with Crippen LogP contribution in [0.3, 0.4) is 0 Å². The van der Waals surface area contributed by atoms with Crippen molar-refractivity contribution in [3.8, 4) is 0 Å². The van der Waals surface area contributed by atoms with Crippen molar-refractivity contribution in [2.24, 2.45) is 0 Å². The highest BCUT2D eigenvalue weighted by atomic mass is 16.2. The van der Waals surface area contributed by atoms with Crippen molar-refractivity contribution >= 4 is 11.8 Å². The molecule has 2 amide bonds. The van der Waals surface area contributed by atoms with E-state index < -0.39 is 0 Å². The molecule has 0 aliphatic carbocycles. The van der Waals surface area contributed by atoms with E-state index >= 15 is 0 Å². The molecule has 6 nitrogen and oxygen atoms in total. The number of hydrogen-bond acceptors (Lipinski definition) is 3. The van der Waals surface area contributed by atoms with Gasteiger partial charge in [0.15, 0.2) is 5.82 Å². The third kappa shape index (κ3) is 3.04. The highest BCUT2D eigenvalue weighted by Crippen LogP contribution is 2.14. The summed E-state index contributed by atoms with van der Waals surface area (Å²) >= 11 is 0. The lowest BCUT2D eigenvalue weighted by atomic mass is 10.1. The molecule has 126 valence electrons. The third-order valence-electron chi connectivity index (χ3n) is 4.42. The van der Waals surface area contributed by atoms with Crippen LogP contribution >= 0.6 is 0 Å². The van der Waals surface area contributed by atoms with Crippen molar-refractivity contribution in [2.45, 2.75) is 33.9 Å². The predicted molar refractivity (Wildman–Crippen MR) is 90.9 cm³/mol. The Balaban J connectivity index is 1.73. The number of amides is 2. The van der Waals surface area contributed by atoms with Crippen LogP contribution in [0.4, 0.5) is 0 Å². The second kappa shape index (κ2) is 6.47. The number of nitrogens with one attached hydrogen (secondary N) is 1. The molecule has 1 aliphatic rings. The summed E-state index contributed by atoms with van der Waals surface area (Å²) in [5.74, 6) is -0.0223. The maximum Gasteiger partial charge on any atom is 0.289 e. The van der Waals surface area contributed by atoms with Gasteiger partial charge in [0.1, 0.15) is 5.69 Å². The van der Waals surface area contributed by atoms with Crippen LogP contribution in [0, 0.1) is 13.8 Å². The van der Waals surface area contributed by atoms with Crippen molar-refractivity contribution in [3.63, 3.8) is 0 Å². The molecule has 6 heteroatoms. The Bertz CT molecular complexity index is 794. The number of carbonyl (C=O) groups excluding carboxylic acids is 2. The van der Waals surface area contributed by atoms with Crippen LogP contribution in [-0.2, 0) is 13.1 Å². The van der Waals surface area contributed by atoms with Gasteiger partial charge in [0.25, 0.3) is 11.8 Å². The van der Waals surface area contributed by atoms with Crippen LogP contribution < -0.4 is 5.32 Å². The molecule has 1 N–H and O–H groups in total. The van der Waals surface area contributed by atoms with Crippen LogP contribution in [0.5, 0.6) is 0 Å². The van der Waals surface area contributed by atoms with E-state index in [2.05, 4.69) is 22.4 Å². The Morgan fingerprint density at radius 2 is 2.08 bits per heavy atom. The van der Waals surface area contributed by atoms with Crippen LogP contribution in [0.2, 0.25) is 0 Å². The molecule has 24 heavy (non-hydrogen) atoms. The number of carbonyl (C=O) groups is 2. The fourth-order valence-corrected chi connectivity index (χ4v) is 2.90. The number of benzene rings is 1. The van der Waals surface area contributed by atoms with Gasteiger partial charge in [0.2, 0.25) is 0 Å². The van der Waals surface area contributed by atoms with Gasteiger partial charge in [0.05, 0.1) is 0 Å². The summed E-state index contributed by atoms with van der Waals surface area (Å²) in [6.45, 7) is 8.42. The van der Waals surface area contributed by atoms with Gasteiger partial charge in [-0.3, -0.25) is 9.59 Å². The minimum absolute atomic E-state index is 0.114. The van der Waals surface area contributed by atoms with E-state index in [0.717, 1.165) is 16.7 Å². The van der Waals surface area contributed by atoms with Gasteiger partial charge >= 0.3 is 0 Å². The number of aryl methyl sites for hydroxylation is 2. The Labute approximate surface area is 141 Å². The van der Waals surface area contributed by atoms with Gasteiger partial charge in [-0.2, -0.15) is 0 Å². The number of hydrogen-bond donors (Lipinski definition) is 1. The topological polar surface area (TPSA) is 67.2 Å². The Kier molecular flexibility index (Phi) is 4.38. The molecular formula is C18H22N4O2. The number of nitrogens with zero attached hydrogens (tertiary/aromatic N) is 3. The molecular weight excluding hydrogens is 304 g/mol. The molecule has 3 rings (SSSR count). The predicted octanol–water partition coefficient (Wildman–Crippen LogP) is 1.91. The smallest absolute Gasteiger partial charge is 0.289 e. The molecule has 1 aromatic carbocycles. The quantitative estimate of drug-likeness (QED) is 0.933. The average Bonchev–Trinajstić information content (AvgIpc) is 3.01. The van der Waals surface area contributed by atoms with Crippen LogP contribution in [-0.4, -0.2) is 39.4 Å². The van der Waals surface area contributed by atoms with Gasteiger partial charge in [-0.1, -0.05) is 23.8 Å². The van der Waals surface area contributed by atoms with E-state index in [1.165, 1.54) is 0 Å². The highest BCUT2D eigenvalue weighted by Gasteiger charge is 2.27. The molecule has 1 aliphatic heterocycles. The van der Waals surface area contributed by atoms with Crippen LogP contribution in [0.1, 0.15) is 44.7 Å². The Morgan fingerprint density at radius 3 is 2.83 bits per heavy atom. The van der Waals surface area contributed by atoms with E-state index in [0.29, 0.717) is 37.7 Å². The Morgan fingerprint density at radius 1 is 1.29 bits per heavy atom. The van der Waals surface area contributed by atoms with E-state index in [9.17, 15) is 9.59 Å². The minimum Gasteiger partial charge on any atom is -0.347 e. The lowest BCUT2D eigenvalue weighted by molar-refractivity contribution is 0.0707. The van der Waals surface area contributed by atoms with E-state index in [4.69, 9.17) is 0 Å². The number of rotatable bonds is 4. The molecule has 0 unspecified atom stereocenters. The largest absolute Gasteiger partial charge is 0.347 e. The molecule has 2 aromatic rings. The van der Waals surface area contributed by atoms with E-state index in [1.807, 2.05) is 26.8 Å². The standard InChI is InChI=1S/C18H22N4O2/c1-4-21-7-8-22-11-15(20-16(22)18(21)24)17(23)19-10-14-9-12(2)5-6-13(14)3/h5-6,9,11H,4,7-8,10H2,1-3H3,(H,19,23). The average molecular weight is 326 g/mol. The van der Waals surface area contributed by atoms with Gasteiger partial charge in [0, 0.05) is 32.4 Å². The summed E-state index contributed by atoms with van der Waals surface area (Å²) in [6, 6.07) is 6.16. The third-order valence-corrected chi connectivity index (χ3v) is 4.42. The van der Waals surface area contributed by atoms with Gasteiger partial charge in [-0.05, 0) is 31.9 Å². The van der Waals surface area contributed by atoms with Crippen molar-refractivity contribution in [1.82, 2.24) is 19.8 Å². The summed E-state index contributed by atoms with van der Waals surface area (Å²) < 4.78 is 1.77. The molecule has 0 radical (unpaired) electrons. The first-order valence-corrected chi connectivity index (χ1v) is 8.20. The molecule has 0 saturated carbocycles.